The lowest BCUT2D eigenvalue weighted by Gasteiger charge is -2.18. The van der Waals surface area contributed by atoms with Crippen LogP contribution in [0.1, 0.15) is 5.56 Å². The van der Waals surface area contributed by atoms with Crippen LogP contribution >= 0.6 is 0 Å². The number of benzene rings is 1. The Balaban J connectivity index is 2.39. The second-order valence-electron chi connectivity index (χ2n) is 2.80. The molecule has 0 bridgehead atoms. The van der Waals surface area contributed by atoms with Crippen LogP contribution in [0.25, 0.3) is 0 Å². The highest BCUT2D eigenvalue weighted by atomic mass is 32.2. The Morgan fingerprint density at radius 1 is 1.38 bits per heavy atom. The minimum absolute atomic E-state index is 0.528. The lowest BCUT2D eigenvalue weighted by molar-refractivity contribution is 0.436. The van der Waals surface area contributed by atoms with Crippen LogP contribution in [0.3, 0.4) is 0 Å². The highest BCUT2D eigenvalue weighted by Gasteiger charge is 1.97. The molecular weight excluding hydrogens is 186 g/mol. The zero-order valence-corrected chi connectivity index (χ0v) is 8.29. The van der Waals surface area contributed by atoms with Crippen molar-refractivity contribution in [2.45, 2.75) is 6.42 Å². The first-order valence-corrected chi connectivity index (χ1v) is 5.08. The van der Waals surface area contributed by atoms with Crippen molar-refractivity contribution in [2.75, 3.05) is 13.6 Å². The molecule has 4 heteroatoms. The van der Waals surface area contributed by atoms with Crippen LogP contribution in [0.2, 0.25) is 0 Å². The smallest absolute Gasteiger partial charge is 0.0206 e. The van der Waals surface area contributed by atoms with Crippen molar-refractivity contribution >= 4 is 11.3 Å². The summed E-state index contributed by atoms with van der Waals surface area (Å²) in [6.45, 7) is 0.528. The van der Waals surface area contributed by atoms with Crippen molar-refractivity contribution in [3.8, 4) is 0 Å². The molecular formula is C9H12NO2S-. The highest BCUT2D eigenvalue weighted by Crippen LogP contribution is 2.00. The van der Waals surface area contributed by atoms with Crippen molar-refractivity contribution in [3.05, 3.63) is 35.9 Å². The summed E-state index contributed by atoms with van der Waals surface area (Å²) in [5, 5.41) is 0. The van der Waals surface area contributed by atoms with E-state index in [1.54, 1.807) is 7.05 Å². The van der Waals surface area contributed by atoms with Crippen LogP contribution < -0.4 is 0 Å². The van der Waals surface area contributed by atoms with Gasteiger partial charge in [-0.25, -0.2) is 4.31 Å². The molecule has 0 heterocycles. The van der Waals surface area contributed by atoms with Gasteiger partial charge in [-0.05, 0) is 19.0 Å². The number of hydrogen-bond donors (Lipinski definition) is 0. The highest BCUT2D eigenvalue weighted by molar-refractivity contribution is 7.76. The van der Waals surface area contributed by atoms with Crippen LogP contribution in [0.5, 0.6) is 0 Å². The summed E-state index contributed by atoms with van der Waals surface area (Å²) < 4.78 is 22.2. The number of likely N-dealkylation sites (N-methyl/N-ethyl adjacent to an activating group) is 1. The van der Waals surface area contributed by atoms with Gasteiger partial charge >= 0.3 is 0 Å². The molecule has 1 rings (SSSR count). The predicted molar refractivity (Wildman–Crippen MR) is 51.7 cm³/mol. The standard InChI is InChI=1S/C9H13NO2S/c1-10(13(11)12)8-7-9-5-3-2-4-6-9/h2-6H,7-8H2,1H3,(H,11,12)/p-1. The molecule has 13 heavy (non-hydrogen) atoms. The molecule has 0 N–H and O–H groups in total. The minimum Gasteiger partial charge on any atom is -0.760 e. The van der Waals surface area contributed by atoms with Gasteiger partial charge in [0.15, 0.2) is 0 Å². The zero-order chi connectivity index (χ0) is 9.68. The normalized spacial score (nSPS) is 13.2. The second kappa shape index (κ2) is 5.11. The van der Waals surface area contributed by atoms with Crippen LogP contribution in [-0.4, -0.2) is 26.7 Å². The third kappa shape index (κ3) is 3.67. The fourth-order valence-corrected chi connectivity index (χ4v) is 1.25. The van der Waals surface area contributed by atoms with Gasteiger partial charge in [0.25, 0.3) is 0 Å². The Kier molecular flexibility index (Phi) is 4.08. The molecule has 1 aromatic carbocycles. The summed E-state index contributed by atoms with van der Waals surface area (Å²) in [6.07, 6.45) is 0.755. The van der Waals surface area contributed by atoms with Gasteiger partial charge in [-0.2, -0.15) is 0 Å². The van der Waals surface area contributed by atoms with Crippen molar-refractivity contribution in [2.24, 2.45) is 0 Å². The fourth-order valence-electron chi connectivity index (χ4n) is 1.01. The molecule has 3 nitrogen and oxygen atoms in total. The largest absolute Gasteiger partial charge is 0.760 e. The number of hydrogen-bond acceptors (Lipinski definition) is 2. The lowest BCUT2D eigenvalue weighted by Crippen LogP contribution is -2.23. The summed E-state index contributed by atoms with van der Waals surface area (Å²) in [5.41, 5.74) is 1.15. The van der Waals surface area contributed by atoms with Gasteiger partial charge < -0.3 is 4.55 Å². The molecule has 0 aromatic heterocycles. The lowest BCUT2D eigenvalue weighted by atomic mass is 10.2. The van der Waals surface area contributed by atoms with Gasteiger partial charge in [0.05, 0.1) is 0 Å². The molecule has 0 saturated heterocycles. The molecule has 0 aliphatic carbocycles. The van der Waals surface area contributed by atoms with E-state index >= 15 is 0 Å². The Hall–Kier alpha value is -0.710. The molecule has 0 spiro atoms. The van der Waals surface area contributed by atoms with E-state index in [1.807, 2.05) is 30.3 Å². The third-order valence-corrected chi connectivity index (χ3v) is 2.50. The van der Waals surface area contributed by atoms with Crippen molar-refractivity contribution in [3.63, 3.8) is 0 Å². The maximum atomic E-state index is 10.4. The maximum absolute atomic E-state index is 10.4. The molecule has 0 saturated carbocycles. The predicted octanol–water partition coefficient (Wildman–Crippen LogP) is 0.955. The first-order chi connectivity index (χ1) is 6.20. The van der Waals surface area contributed by atoms with E-state index in [9.17, 15) is 8.76 Å². The van der Waals surface area contributed by atoms with E-state index < -0.39 is 11.3 Å². The van der Waals surface area contributed by atoms with Gasteiger partial charge in [0.1, 0.15) is 0 Å². The Morgan fingerprint density at radius 3 is 2.54 bits per heavy atom. The zero-order valence-electron chi connectivity index (χ0n) is 7.47. The van der Waals surface area contributed by atoms with Gasteiger partial charge in [0, 0.05) is 17.8 Å². The Morgan fingerprint density at radius 2 is 2.00 bits per heavy atom. The first-order valence-electron chi connectivity index (χ1n) is 4.04. The molecule has 1 atom stereocenters. The number of nitrogens with zero attached hydrogens (tertiary/aromatic N) is 1. The van der Waals surface area contributed by atoms with Crippen molar-refractivity contribution in [1.29, 1.82) is 0 Å². The van der Waals surface area contributed by atoms with E-state index in [-0.39, 0.29) is 0 Å². The Labute approximate surface area is 80.8 Å². The van der Waals surface area contributed by atoms with Crippen LogP contribution in [0.15, 0.2) is 30.3 Å². The SMILES string of the molecule is CN(CCc1ccccc1)S(=O)[O-]. The van der Waals surface area contributed by atoms with Crippen molar-refractivity contribution in [1.82, 2.24) is 4.31 Å². The average Bonchev–Trinajstić information content (AvgIpc) is 2.15. The Bertz CT molecular complexity index is 276. The minimum atomic E-state index is -2.10. The quantitative estimate of drug-likeness (QED) is 0.676. The average molecular weight is 198 g/mol. The molecule has 1 unspecified atom stereocenters. The van der Waals surface area contributed by atoms with Crippen molar-refractivity contribution < 1.29 is 8.76 Å². The van der Waals surface area contributed by atoms with Crippen LogP contribution in [0.4, 0.5) is 0 Å². The van der Waals surface area contributed by atoms with E-state index in [1.165, 1.54) is 4.31 Å². The topological polar surface area (TPSA) is 43.4 Å². The van der Waals surface area contributed by atoms with Crippen LogP contribution in [0, 0.1) is 0 Å². The summed E-state index contributed by atoms with van der Waals surface area (Å²) in [6, 6.07) is 9.81. The van der Waals surface area contributed by atoms with E-state index in [0.29, 0.717) is 6.54 Å². The molecule has 0 fully saturated rings. The van der Waals surface area contributed by atoms with Gasteiger partial charge in [-0.15, -0.1) is 0 Å². The monoisotopic (exact) mass is 198 g/mol. The molecule has 0 aliphatic rings. The third-order valence-electron chi connectivity index (χ3n) is 1.81. The molecule has 72 valence electrons. The maximum Gasteiger partial charge on any atom is 0.0206 e. The summed E-state index contributed by atoms with van der Waals surface area (Å²) in [4.78, 5) is 0. The summed E-state index contributed by atoms with van der Waals surface area (Å²) in [5.74, 6) is 0. The second-order valence-corrected chi connectivity index (χ2v) is 3.86. The van der Waals surface area contributed by atoms with Crippen LogP contribution in [-0.2, 0) is 17.7 Å². The first kappa shape index (κ1) is 10.4. The fraction of sp³-hybridized carbons (Fsp3) is 0.333. The molecule has 0 aliphatic heterocycles. The van der Waals surface area contributed by atoms with Gasteiger partial charge in [-0.3, -0.25) is 4.21 Å². The summed E-state index contributed by atoms with van der Waals surface area (Å²) >= 11 is -2.10. The van der Waals surface area contributed by atoms with E-state index in [2.05, 4.69) is 0 Å². The summed E-state index contributed by atoms with van der Waals surface area (Å²) in [7, 11) is 1.56. The van der Waals surface area contributed by atoms with Gasteiger partial charge in [0.2, 0.25) is 0 Å². The van der Waals surface area contributed by atoms with E-state index in [0.717, 1.165) is 12.0 Å². The molecule has 1 aromatic rings. The molecule has 0 amide bonds. The van der Waals surface area contributed by atoms with Gasteiger partial charge in [-0.1, -0.05) is 30.3 Å². The van der Waals surface area contributed by atoms with E-state index in [4.69, 9.17) is 0 Å². The molecule has 0 radical (unpaired) electrons. The number of rotatable bonds is 4.